The summed E-state index contributed by atoms with van der Waals surface area (Å²) < 4.78 is 0. The first-order valence-corrected chi connectivity index (χ1v) is 6.18. The molecule has 0 fully saturated rings. The van der Waals surface area contributed by atoms with Gasteiger partial charge < -0.3 is 15.1 Å². The van der Waals surface area contributed by atoms with Crippen molar-refractivity contribution in [2.24, 2.45) is 0 Å². The Morgan fingerprint density at radius 1 is 1.25 bits per heavy atom. The summed E-state index contributed by atoms with van der Waals surface area (Å²) in [6, 6.07) is 0. The molecule has 0 amide bonds. The summed E-state index contributed by atoms with van der Waals surface area (Å²) >= 11 is 0. The van der Waals surface area contributed by atoms with E-state index in [-0.39, 0.29) is 12.5 Å². The number of aliphatic carboxylic acids is 1. The van der Waals surface area contributed by atoms with Gasteiger partial charge in [0.15, 0.2) is 0 Å². The molecule has 0 aromatic rings. The molecule has 0 radical (unpaired) electrons. The van der Waals surface area contributed by atoms with Crippen LogP contribution in [-0.2, 0) is 4.79 Å². The zero-order valence-electron chi connectivity index (χ0n) is 10.5. The number of carboxylic acid groups (broad SMARTS) is 1. The van der Waals surface area contributed by atoms with Crippen LogP contribution in [0, 0.1) is 0 Å². The van der Waals surface area contributed by atoms with Crippen molar-refractivity contribution in [3.05, 3.63) is 0 Å². The summed E-state index contributed by atoms with van der Waals surface area (Å²) in [6.45, 7) is 5.89. The predicted octanol–water partition coefficient (Wildman–Crippen LogP) is 1.72. The van der Waals surface area contributed by atoms with E-state index in [1.807, 2.05) is 4.90 Å². The first-order valence-electron chi connectivity index (χ1n) is 6.18. The van der Waals surface area contributed by atoms with Crippen molar-refractivity contribution in [1.29, 1.82) is 0 Å². The van der Waals surface area contributed by atoms with E-state index in [4.69, 9.17) is 5.11 Å². The number of aliphatic hydroxyl groups is 1. The summed E-state index contributed by atoms with van der Waals surface area (Å²) in [7, 11) is 0. The monoisotopic (exact) mass is 231 g/mol. The summed E-state index contributed by atoms with van der Waals surface area (Å²) in [5.41, 5.74) is 0. The van der Waals surface area contributed by atoms with Gasteiger partial charge in [-0.15, -0.1) is 0 Å². The highest BCUT2D eigenvalue weighted by Crippen LogP contribution is 2.03. The second-order valence-electron chi connectivity index (χ2n) is 4.35. The third-order valence-electron chi connectivity index (χ3n) is 2.49. The Bertz CT molecular complexity index is 183. The fourth-order valence-electron chi connectivity index (χ4n) is 1.68. The third kappa shape index (κ3) is 9.93. The predicted molar refractivity (Wildman–Crippen MR) is 64.5 cm³/mol. The highest BCUT2D eigenvalue weighted by molar-refractivity contribution is 5.66. The average Bonchev–Trinajstić information content (AvgIpc) is 2.19. The van der Waals surface area contributed by atoms with Crippen molar-refractivity contribution in [3.63, 3.8) is 0 Å². The van der Waals surface area contributed by atoms with Crippen molar-refractivity contribution >= 4 is 5.97 Å². The molecule has 1 atom stereocenters. The molecule has 0 aromatic carbocycles. The molecule has 0 aromatic heterocycles. The maximum atomic E-state index is 10.5. The molecule has 0 bridgehead atoms. The number of carboxylic acids is 1. The van der Waals surface area contributed by atoms with Crippen LogP contribution in [0.4, 0.5) is 0 Å². The van der Waals surface area contributed by atoms with Gasteiger partial charge >= 0.3 is 5.97 Å². The zero-order chi connectivity index (χ0) is 12.4. The van der Waals surface area contributed by atoms with E-state index in [0.29, 0.717) is 13.1 Å². The van der Waals surface area contributed by atoms with Crippen LogP contribution in [0.1, 0.15) is 46.0 Å². The molecule has 0 aliphatic rings. The molecular formula is C12H25NO3. The maximum absolute atomic E-state index is 10.5. The lowest BCUT2D eigenvalue weighted by molar-refractivity contribution is -0.137. The Morgan fingerprint density at radius 3 is 2.44 bits per heavy atom. The fourth-order valence-corrected chi connectivity index (χ4v) is 1.68. The first-order chi connectivity index (χ1) is 7.56. The zero-order valence-corrected chi connectivity index (χ0v) is 10.5. The Morgan fingerprint density at radius 2 is 1.94 bits per heavy atom. The molecule has 0 spiro atoms. The first kappa shape index (κ1) is 15.4. The molecular weight excluding hydrogens is 206 g/mol. The minimum atomic E-state index is -0.774. The smallest absolute Gasteiger partial charge is 0.304 e. The van der Waals surface area contributed by atoms with Crippen LogP contribution >= 0.6 is 0 Å². The second-order valence-corrected chi connectivity index (χ2v) is 4.35. The minimum Gasteiger partial charge on any atom is -0.481 e. The molecule has 0 saturated carbocycles. The second kappa shape index (κ2) is 9.60. The van der Waals surface area contributed by atoms with Crippen molar-refractivity contribution in [2.75, 3.05) is 19.6 Å². The largest absolute Gasteiger partial charge is 0.481 e. The number of hydrogen-bond acceptors (Lipinski definition) is 3. The lowest BCUT2D eigenvalue weighted by Crippen LogP contribution is -2.33. The molecule has 4 nitrogen and oxygen atoms in total. The lowest BCUT2D eigenvalue weighted by Gasteiger charge is -2.22. The highest BCUT2D eigenvalue weighted by Gasteiger charge is 2.09. The van der Waals surface area contributed by atoms with E-state index in [2.05, 4.69) is 6.92 Å². The maximum Gasteiger partial charge on any atom is 0.304 e. The van der Waals surface area contributed by atoms with E-state index in [1.54, 1.807) is 6.92 Å². The van der Waals surface area contributed by atoms with Gasteiger partial charge in [0, 0.05) is 13.1 Å². The van der Waals surface area contributed by atoms with Crippen LogP contribution in [0.15, 0.2) is 0 Å². The Balaban J connectivity index is 3.76. The van der Waals surface area contributed by atoms with Crippen molar-refractivity contribution < 1.29 is 15.0 Å². The number of hydrogen-bond donors (Lipinski definition) is 2. The molecule has 0 rings (SSSR count). The van der Waals surface area contributed by atoms with E-state index >= 15 is 0 Å². The fraction of sp³-hybridized carbons (Fsp3) is 0.917. The lowest BCUT2D eigenvalue weighted by atomic mass is 10.2. The van der Waals surface area contributed by atoms with Crippen LogP contribution in [0.5, 0.6) is 0 Å². The Labute approximate surface area is 98.3 Å². The average molecular weight is 231 g/mol. The van der Waals surface area contributed by atoms with Gasteiger partial charge in [0.25, 0.3) is 0 Å². The SMILES string of the molecule is CCCCCCN(CCC(=O)O)CC(C)O. The Kier molecular flexibility index (Phi) is 9.24. The summed E-state index contributed by atoms with van der Waals surface area (Å²) in [4.78, 5) is 12.5. The molecule has 2 N–H and O–H groups in total. The molecule has 16 heavy (non-hydrogen) atoms. The Hall–Kier alpha value is -0.610. The number of carbonyl (C=O) groups is 1. The van der Waals surface area contributed by atoms with Gasteiger partial charge in [-0.05, 0) is 19.9 Å². The van der Waals surface area contributed by atoms with E-state index in [0.717, 1.165) is 13.0 Å². The third-order valence-corrected chi connectivity index (χ3v) is 2.49. The molecule has 4 heteroatoms. The summed E-state index contributed by atoms with van der Waals surface area (Å²) in [5.74, 6) is -0.774. The van der Waals surface area contributed by atoms with E-state index in [9.17, 15) is 9.90 Å². The van der Waals surface area contributed by atoms with Crippen LogP contribution in [0.2, 0.25) is 0 Å². The quantitative estimate of drug-likeness (QED) is 0.562. The van der Waals surface area contributed by atoms with Gasteiger partial charge in [-0.2, -0.15) is 0 Å². The number of nitrogens with zero attached hydrogens (tertiary/aromatic N) is 1. The van der Waals surface area contributed by atoms with Gasteiger partial charge in [-0.1, -0.05) is 26.2 Å². The van der Waals surface area contributed by atoms with Gasteiger partial charge in [0.1, 0.15) is 0 Å². The van der Waals surface area contributed by atoms with Gasteiger partial charge in [0.05, 0.1) is 12.5 Å². The minimum absolute atomic E-state index is 0.153. The summed E-state index contributed by atoms with van der Waals surface area (Å²) in [5, 5.41) is 17.9. The van der Waals surface area contributed by atoms with Crippen molar-refractivity contribution in [3.8, 4) is 0 Å². The molecule has 0 aliphatic carbocycles. The van der Waals surface area contributed by atoms with Crippen LogP contribution in [0.3, 0.4) is 0 Å². The van der Waals surface area contributed by atoms with Crippen molar-refractivity contribution in [1.82, 2.24) is 4.90 Å². The molecule has 96 valence electrons. The summed E-state index contributed by atoms with van der Waals surface area (Å²) in [6.07, 6.45) is 4.45. The van der Waals surface area contributed by atoms with Crippen LogP contribution in [-0.4, -0.2) is 46.8 Å². The highest BCUT2D eigenvalue weighted by atomic mass is 16.4. The normalized spacial score (nSPS) is 13.0. The number of rotatable bonds is 10. The topological polar surface area (TPSA) is 60.8 Å². The molecule has 1 unspecified atom stereocenters. The standard InChI is InChI=1S/C12H25NO3/c1-3-4-5-6-8-13(10-11(2)14)9-7-12(15)16/h11,14H,3-10H2,1-2H3,(H,15,16). The van der Waals surface area contributed by atoms with Crippen LogP contribution in [0.25, 0.3) is 0 Å². The van der Waals surface area contributed by atoms with Crippen LogP contribution < -0.4 is 0 Å². The van der Waals surface area contributed by atoms with E-state index in [1.165, 1.54) is 19.3 Å². The molecule has 0 aliphatic heterocycles. The van der Waals surface area contributed by atoms with Gasteiger partial charge in [0.2, 0.25) is 0 Å². The molecule has 0 saturated heterocycles. The van der Waals surface area contributed by atoms with E-state index < -0.39 is 5.97 Å². The molecule has 0 heterocycles. The van der Waals surface area contributed by atoms with Gasteiger partial charge in [-0.3, -0.25) is 4.79 Å². The van der Waals surface area contributed by atoms with Crippen molar-refractivity contribution in [2.45, 2.75) is 52.1 Å². The van der Waals surface area contributed by atoms with Gasteiger partial charge in [-0.25, -0.2) is 0 Å². The number of aliphatic hydroxyl groups excluding tert-OH is 1. The number of unbranched alkanes of at least 4 members (excludes halogenated alkanes) is 3.